The Hall–Kier alpha value is -1.96. The van der Waals surface area contributed by atoms with Gasteiger partial charge in [0, 0.05) is 12.6 Å². The van der Waals surface area contributed by atoms with Gasteiger partial charge in [-0.15, -0.1) is 0 Å². The zero-order chi connectivity index (χ0) is 14.7. The third-order valence-electron chi connectivity index (χ3n) is 4.49. The summed E-state index contributed by atoms with van der Waals surface area (Å²) in [6.45, 7) is 2.11. The van der Waals surface area contributed by atoms with Gasteiger partial charge in [-0.25, -0.2) is 0 Å². The van der Waals surface area contributed by atoms with Crippen molar-refractivity contribution in [3.8, 4) is 0 Å². The molecule has 108 valence electrons. The molecule has 1 unspecified atom stereocenters. The number of pyridine rings is 1. The molecule has 0 radical (unpaired) electrons. The van der Waals surface area contributed by atoms with E-state index in [9.17, 15) is 4.79 Å². The fourth-order valence-electron chi connectivity index (χ4n) is 3.25. The molecule has 2 heteroatoms. The molecule has 0 saturated carbocycles. The van der Waals surface area contributed by atoms with Crippen LogP contribution in [0, 0.1) is 6.92 Å². The molecule has 0 bridgehead atoms. The van der Waals surface area contributed by atoms with Crippen molar-refractivity contribution < 1.29 is 4.79 Å². The highest BCUT2D eigenvalue weighted by molar-refractivity contribution is 5.86. The van der Waals surface area contributed by atoms with Gasteiger partial charge < -0.3 is 0 Å². The number of carbonyl (C=O) groups is 1. The highest BCUT2D eigenvalue weighted by Crippen LogP contribution is 2.31. The van der Waals surface area contributed by atoms with Gasteiger partial charge in [-0.2, -0.15) is 0 Å². The zero-order valence-electron chi connectivity index (χ0n) is 12.5. The molecule has 1 aliphatic rings. The van der Waals surface area contributed by atoms with Crippen LogP contribution in [0.5, 0.6) is 0 Å². The predicted molar refractivity (Wildman–Crippen MR) is 84.4 cm³/mol. The molecule has 1 aromatic carbocycles. The summed E-state index contributed by atoms with van der Waals surface area (Å²) in [5.74, 6) is 0.358. The summed E-state index contributed by atoms with van der Waals surface area (Å²) in [6.07, 6.45) is 6.38. The maximum atomic E-state index is 12.6. The number of benzene rings is 1. The second-order valence-electron chi connectivity index (χ2n) is 5.89. The first-order valence-electron chi connectivity index (χ1n) is 7.76. The highest BCUT2D eigenvalue weighted by atomic mass is 16.1. The number of aromatic nitrogens is 1. The van der Waals surface area contributed by atoms with E-state index in [1.165, 1.54) is 16.7 Å². The average molecular weight is 279 g/mol. The van der Waals surface area contributed by atoms with Crippen molar-refractivity contribution in [1.82, 2.24) is 4.98 Å². The van der Waals surface area contributed by atoms with E-state index >= 15 is 0 Å². The summed E-state index contributed by atoms with van der Waals surface area (Å²) >= 11 is 0. The molecule has 21 heavy (non-hydrogen) atoms. The Morgan fingerprint density at radius 1 is 1.24 bits per heavy atom. The Kier molecular flexibility index (Phi) is 4.14. The Balaban J connectivity index is 1.71. The molecular weight excluding hydrogens is 258 g/mol. The fraction of sp³-hybridized carbons (Fsp3) is 0.368. The summed E-state index contributed by atoms with van der Waals surface area (Å²) in [4.78, 5) is 17.1. The van der Waals surface area contributed by atoms with E-state index in [2.05, 4.69) is 30.1 Å². The second kappa shape index (κ2) is 6.21. The van der Waals surface area contributed by atoms with Gasteiger partial charge in [-0.3, -0.25) is 9.78 Å². The molecule has 2 aromatic rings. The first-order valence-corrected chi connectivity index (χ1v) is 7.76. The van der Waals surface area contributed by atoms with Crippen molar-refractivity contribution in [3.63, 3.8) is 0 Å². The normalized spacial score (nSPS) is 17.3. The van der Waals surface area contributed by atoms with Crippen LogP contribution in [0.2, 0.25) is 0 Å². The molecule has 0 aliphatic heterocycles. The number of ketones is 1. The molecule has 0 saturated heterocycles. The first kappa shape index (κ1) is 14.0. The molecular formula is C19H21NO. The van der Waals surface area contributed by atoms with Crippen molar-refractivity contribution in [2.24, 2.45) is 0 Å². The molecule has 3 rings (SSSR count). The smallest absolute Gasteiger partial charge is 0.142 e. The van der Waals surface area contributed by atoms with Crippen LogP contribution in [0.15, 0.2) is 42.6 Å². The molecule has 0 fully saturated rings. The molecule has 2 nitrogen and oxygen atoms in total. The number of Topliss-reactive ketones (excluding diaryl/α,β-unsaturated/α-hetero) is 1. The molecule has 0 N–H and O–H groups in total. The van der Waals surface area contributed by atoms with Gasteiger partial charge in [0.05, 0.1) is 11.6 Å². The van der Waals surface area contributed by atoms with Gasteiger partial charge in [0.2, 0.25) is 0 Å². The summed E-state index contributed by atoms with van der Waals surface area (Å²) in [7, 11) is 0. The zero-order valence-corrected chi connectivity index (χ0v) is 12.5. The number of carbonyl (C=O) groups excluding carboxylic acids is 1. The highest BCUT2D eigenvalue weighted by Gasteiger charge is 2.26. The van der Waals surface area contributed by atoms with Crippen molar-refractivity contribution in [2.45, 2.75) is 44.9 Å². The summed E-state index contributed by atoms with van der Waals surface area (Å²) < 4.78 is 0. The lowest BCUT2D eigenvalue weighted by atomic mass is 9.82. The molecule has 1 atom stereocenters. The van der Waals surface area contributed by atoms with Crippen LogP contribution in [0.1, 0.15) is 47.6 Å². The summed E-state index contributed by atoms with van der Waals surface area (Å²) in [5.41, 5.74) is 4.84. The summed E-state index contributed by atoms with van der Waals surface area (Å²) in [6, 6.07) is 12.4. The minimum atomic E-state index is 0.0129. The Morgan fingerprint density at radius 2 is 2.10 bits per heavy atom. The number of aryl methyl sites for hydroxylation is 3. The van der Waals surface area contributed by atoms with Crippen LogP contribution < -0.4 is 0 Å². The summed E-state index contributed by atoms with van der Waals surface area (Å²) in [5, 5.41) is 0. The van der Waals surface area contributed by atoms with Crippen molar-refractivity contribution in [2.75, 3.05) is 0 Å². The molecule has 0 amide bonds. The maximum Gasteiger partial charge on any atom is 0.142 e. The Bertz CT molecular complexity index is 648. The van der Waals surface area contributed by atoms with Gasteiger partial charge in [0.1, 0.15) is 5.78 Å². The van der Waals surface area contributed by atoms with E-state index in [-0.39, 0.29) is 5.92 Å². The number of hydrogen-bond donors (Lipinski definition) is 0. The van der Waals surface area contributed by atoms with Crippen LogP contribution in [0.25, 0.3) is 0 Å². The van der Waals surface area contributed by atoms with Crippen LogP contribution in [-0.4, -0.2) is 10.8 Å². The number of hydrogen-bond acceptors (Lipinski definition) is 2. The van der Waals surface area contributed by atoms with Crippen molar-refractivity contribution in [1.29, 1.82) is 0 Å². The van der Waals surface area contributed by atoms with E-state index in [0.717, 1.165) is 31.4 Å². The average Bonchev–Trinajstić information content (AvgIpc) is 2.53. The van der Waals surface area contributed by atoms with Gasteiger partial charge in [-0.05, 0) is 55.4 Å². The molecule has 1 heterocycles. The SMILES string of the molecule is Cc1ccccc1CCC(=O)C1CCCc2cccnc21. The lowest BCUT2D eigenvalue weighted by Crippen LogP contribution is -2.20. The quantitative estimate of drug-likeness (QED) is 0.846. The maximum absolute atomic E-state index is 12.6. The van der Waals surface area contributed by atoms with Gasteiger partial charge >= 0.3 is 0 Å². The van der Waals surface area contributed by atoms with E-state index in [0.29, 0.717) is 12.2 Å². The largest absolute Gasteiger partial charge is 0.299 e. The van der Waals surface area contributed by atoms with E-state index < -0.39 is 0 Å². The Morgan fingerprint density at radius 3 is 2.95 bits per heavy atom. The van der Waals surface area contributed by atoms with E-state index in [1.54, 1.807) is 0 Å². The molecule has 1 aromatic heterocycles. The number of nitrogens with zero attached hydrogens (tertiary/aromatic N) is 1. The predicted octanol–water partition coefficient (Wildman–Crippen LogP) is 4.01. The van der Waals surface area contributed by atoms with Crippen LogP contribution in [-0.2, 0) is 17.6 Å². The molecule has 1 aliphatic carbocycles. The van der Waals surface area contributed by atoms with E-state index in [4.69, 9.17) is 0 Å². The van der Waals surface area contributed by atoms with Gasteiger partial charge in [0.15, 0.2) is 0 Å². The minimum Gasteiger partial charge on any atom is -0.299 e. The minimum absolute atomic E-state index is 0.0129. The first-order chi connectivity index (χ1) is 10.3. The van der Waals surface area contributed by atoms with Gasteiger partial charge in [-0.1, -0.05) is 30.3 Å². The van der Waals surface area contributed by atoms with Gasteiger partial charge in [0.25, 0.3) is 0 Å². The monoisotopic (exact) mass is 279 g/mol. The van der Waals surface area contributed by atoms with Crippen LogP contribution >= 0.6 is 0 Å². The fourth-order valence-corrected chi connectivity index (χ4v) is 3.25. The lowest BCUT2D eigenvalue weighted by Gasteiger charge is -2.23. The second-order valence-corrected chi connectivity index (χ2v) is 5.89. The van der Waals surface area contributed by atoms with Crippen LogP contribution in [0.4, 0.5) is 0 Å². The van der Waals surface area contributed by atoms with Crippen molar-refractivity contribution >= 4 is 5.78 Å². The topological polar surface area (TPSA) is 30.0 Å². The number of rotatable bonds is 4. The van der Waals surface area contributed by atoms with Crippen LogP contribution in [0.3, 0.4) is 0 Å². The standard InChI is InChI=1S/C19H21NO/c1-14-6-2-3-7-15(14)11-12-18(21)17-10-4-8-16-9-5-13-20-19(16)17/h2-3,5-7,9,13,17H,4,8,10-12H2,1H3. The molecule has 0 spiro atoms. The third kappa shape index (κ3) is 3.05. The Labute approximate surface area is 126 Å². The van der Waals surface area contributed by atoms with E-state index in [1.807, 2.05) is 24.4 Å². The third-order valence-corrected chi connectivity index (χ3v) is 4.49. The lowest BCUT2D eigenvalue weighted by molar-refractivity contribution is -0.120. The number of fused-ring (bicyclic) bond motifs is 1. The van der Waals surface area contributed by atoms with Crippen molar-refractivity contribution in [3.05, 3.63) is 65.0 Å².